The van der Waals surface area contributed by atoms with Crippen molar-refractivity contribution in [1.82, 2.24) is 4.90 Å². The summed E-state index contributed by atoms with van der Waals surface area (Å²) < 4.78 is 6.04. The lowest BCUT2D eigenvalue weighted by atomic mass is 9.74. The first kappa shape index (κ1) is 20.6. The summed E-state index contributed by atoms with van der Waals surface area (Å²) >= 11 is 0. The van der Waals surface area contributed by atoms with Gasteiger partial charge < -0.3 is 14.9 Å². The van der Waals surface area contributed by atoms with E-state index < -0.39 is 11.7 Å². The number of β-amino-alcohol motifs (C(OH)–C–C–N with tert-alkyl or cyclic N) is 1. The second-order valence-electron chi connectivity index (χ2n) is 9.77. The molecule has 0 aromatic heterocycles. The maximum absolute atomic E-state index is 11.2. The zero-order chi connectivity index (χ0) is 19.8. The third-order valence-corrected chi connectivity index (χ3v) is 6.85. The highest BCUT2D eigenvalue weighted by Crippen LogP contribution is 2.38. The Kier molecular flexibility index (Phi) is 5.90. The Morgan fingerprint density at radius 2 is 1.78 bits per heavy atom. The number of likely N-dealkylation sites (tertiary alicyclic amines) is 1. The largest absolute Gasteiger partial charge is 0.490 e. The molecule has 1 saturated carbocycles. The summed E-state index contributed by atoms with van der Waals surface area (Å²) in [7, 11) is 0. The molecule has 0 radical (unpaired) electrons. The molecule has 1 saturated heterocycles. The molecule has 1 aliphatic carbocycles. The number of hydrogen-bond donors (Lipinski definition) is 2. The van der Waals surface area contributed by atoms with Crippen LogP contribution in [0.4, 0.5) is 0 Å². The Morgan fingerprint density at radius 1 is 1.11 bits per heavy atom. The van der Waals surface area contributed by atoms with Crippen molar-refractivity contribution in [3.8, 4) is 5.75 Å². The van der Waals surface area contributed by atoms with Gasteiger partial charge in [-0.1, -0.05) is 19.9 Å². The van der Waals surface area contributed by atoms with E-state index in [1.165, 1.54) is 31.2 Å². The van der Waals surface area contributed by atoms with Gasteiger partial charge in [0.15, 0.2) is 0 Å². The van der Waals surface area contributed by atoms with Gasteiger partial charge in [-0.2, -0.15) is 0 Å². The van der Waals surface area contributed by atoms with Crippen molar-refractivity contribution >= 4 is 0 Å². The van der Waals surface area contributed by atoms with Gasteiger partial charge in [0.05, 0.1) is 6.10 Å². The van der Waals surface area contributed by atoms with E-state index in [4.69, 9.17) is 4.74 Å². The molecule has 2 aliphatic rings. The minimum Gasteiger partial charge on any atom is -0.490 e. The minimum absolute atomic E-state index is 0.132. The number of aliphatic hydroxyl groups excluding tert-OH is 1. The van der Waals surface area contributed by atoms with Crippen LogP contribution in [-0.4, -0.2) is 52.6 Å². The fourth-order valence-electron chi connectivity index (χ4n) is 4.65. The van der Waals surface area contributed by atoms with Gasteiger partial charge in [0.25, 0.3) is 0 Å². The molecule has 4 nitrogen and oxygen atoms in total. The summed E-state index contributed by atoms with van der Waals surface area (Å²) in [4.78, 5) is 2.39. The molecule has 2 atom stereocenters. The molecule has 3 rings (SSSR count). The van der Waals surface area contributed by atoms with Gasteiger partial charge in [-0.05, 0) is 81.0 Å². The number of piperidine rings is 1. The van der Waals surface area contributed by atoms with Gasteiger partial charge in [0.1, 0.15) is 18.0 Å². The van der Waals surface area contributed by atoms with Crippen molar-refractivity contribution in [2.75, 3.05) is 19.7 Å². The summed E-state index contributed by atoms with van der Waals surface area (Å²) in [5, 5.41) is 21.7. The molecular weight excluding hydrogens is 338 g/mol. The van der Waals surface area contributed by atoms with E-state index in [9.17, 15) is 10.2 Å². The summed E-state index contributed by atoms with van der Waals surface area (Å²) in [6.45, 7) is 12.3. The summed E-state index contributed by atoms with van der Waals surface area (Å²) in [5.41, 5.74) is 2.66. The molecule has 0 unspecified atom stereocenters. The first-order valence-corrected chi connectivity index (χ1v) is 10.4. The number of aliphatic hydroxyl groups is 2. The van der Waals surface area contributed by atoms with Crippen LogP contribution in [-0.2, 0) is 0 Å². The molecule has 1 heterocycles. The van der Waals surface area contributed by atoms with Crippen LogP contribution in [0, 0.1) is 26.2 Å². The van der Waals surface area contributed by atoms with Crippen molar-refractivity contribution in [2.45, 2.75) is 84.5 Å². The molecule has 0 spiro atoms. The van der Waals surface area contributed by atoms with Crippen LogP contribution < -0.4 is 4.74 Å². The van der Waals surface area contributed by atoms with Crippen LogP contribution in [0.3, 0.4) is 0 Å². The van der Waals surface area contributed by atoms with Crippen LogP contribution >= 0.6 is 0 Å². The molecule has 2 fully saturated rings. The van der Waals surface area contributed by atoms with Crippen molar-refractivity contribution in [2.24, 2.45) is 5.41 Å². The normalized spacial score (nSPS) is 29.7. The minimum atomic E-state index is -1.21. The van der Waals surface area contributed by atoms with E-state index in [-0.39, 0.29) is 6.61 Å². The van der Waals surface area contributed by atoms with Gasteiger partial charge in [-0.15, -0.1) is 0 Å². The van der Waals surface area contributed by atoms with E-state index >= 15 is 0 Å². The van der Waals surface area contributed by atoms with E-state index in [2.05, 4.69) is 38.7 Å². The lowest BCUT2D eigenvalue weighted by Gasteiger charge is -2.47. The highest BCUT2D eigenvalue weighted by Gasteiger charge is 2.44. The second kappa shape index (κ2) is 7.73. The Bertz CT molecular complexity index is 662. The summed E-state index contributed by atoms with van der Waals surface area (Å²) in [5.74, 6) is 0.810. The van der Waals surface area contributed by atoms with Crippen molar-refractivity contribution < 1.29 is 14.9 Å². The third kappa shape index (κ3) is 4.67. The van der Waals surface area contributed by atoms with Crippen LogP contribution in [0.1, 0.15) is 62.6 Å². The van der Waals surface area contributed by atoms with Gasteiger partial charge in [0, 0.05) is 19.1 Å². The van der Waals surface area contributed by atoms with Gasteiger partial charge in [-0.25, -0.2) is 0 Å². The van der Waals surface area contributed by atoms with E-state index in [0.717, 1.165) is 23.4 Å². The molecule has 27 heavy (non-hydrogen) atoms. The van der Waals surface area contributed by atoms with Crippen molar-refractivity contribution in [3.63, 3.8) is 0 Å². The number of nitrogens with zero attached hydrogens (tertiary/aromatic N) is 1. The smallest absolute Gasteiger partial charge is 0.137 e. The summed E-state index contributed by atoms with van der Waals surface area (Å²) in [6.07, 6.45) is 4.68. The van der Waals surface area contributed by atoms with Crippen LogP contribution in [0.25, 0.3) is 0 Å². The maximum atomic E-state index is 11.2. The monoisotopic (exact) mass is 375 g/mol. The lowest BCUT2D eigenvalue weighted by molar-refractivity contribution is -0.148. The SMILES string of the molecule is Cc1cc(C)c(C)c(OC[C@@]2(O)CN(C3CCC(C)(C)CC3)CC[C@@H]2O)c1. The van der Waals surface area contributed by atoms with Crippen LogP contribution in [0.5, 0.6) is 5.75 Å². The first-order valence-electron chi connectivity index (χ1n) is 10.4. The molecule has 0 amide bonds. The van der Waals surface area contributed by atoms with Gasteiger partial charge in [-0.3, -0.25) is 4.90 Å². The molecule has 2 N–H and O–H groups in total. The molecule has 1 aliphatic heterocycles. The molecule has 152 valence electrons. The van der Waals surface area contributed by atoms with Gasteiger partial charge >= 0.3 is 0 Å². The molecule has 4 heteroatoms. The fourth-order valence-corrected chi connectivity index (χ4v) is 4.65. The van der Waals surface area contributed by atoms with Crippen LogP contribution in [0.15, 0.2) is 12.1 Å². The molecule has 1 aromatic carbocycles. The maximum Gasteiger partial charge on any atom is 0.137 e. The molecular formula is C23H37NO3. The quantitative estimate of drug-likeness (QED) is 0.841. The predicted octanol–water partition coefficient (Wildman–Crippen LogP) is 3.76. The second-order valence-corrected chi connectivity index (χ2v) is 9.77. The third-order valence-electron chi connectivity index (χ3n) is 6.85. The number of hydrogen-bond acceptors (Lipinski definition) is 4. The Labute approximate surface area is 164 Å². The molecule has 1 aromatic rings. The molecule has 0 bridgehead atoms. The number of aryl methyl sites for hydroxylation is 2. The van der Waals surface area contributed by atoms with E-state index in [1.54, 1.807) is 0 Å². The van der Waals surface area contributed by atoms with Crippen LogP contribution in [0.2, 0.25) is 0 Å². The number of rotatable bonds is 4. The Morgan fingerprint density at radius 3 is 2.44 bits per heavy atom. The van der Waals surface area contributed by atoms with E-state index in [0.29, 0.717) is 24.4 Å². The predicted molar refractivity (Wildman–Crippen MR) is 109 cm³/mol. The van der Waals surface area contributed by atoms with E-state index in [1.807, 2.05) is 13.0 Å². The Balaban J connectivity index is 1.66. The highest BCUT2D eigenvalue weighted by molar-refractivity contribution is 5.42. The standard InChI is InChI=1S/C23H37NO3/c1-16-12-17(2)18(3)20(13-16)27-15-23(26)14-24(11-8-21(23)25)19-6-9-22(4,5)10-7-19/h12-13,19,21,25-26H,6-11,14-15H2,1-5H3/t21-,23-/m0/s1. The highest BCUT2D eigenvalue weighted by atomic mass is 16.5. The number of benzene rings is 1. The zero-order valence-electron chi connectivity index (χ0n) is 17.7. The van der Waals surface area contributed by atoms with Crippen molar-refractivity contribution in [3.05, 3.63) is 28.8 Å². The number of ether oxygens (including phenoxy) is 1. The van der Waals surface area contributed by atoms with Crippen molar-refractivity contribution in [1.29, 1.82) is 0 Å². The summed E-state index contributed by atoms with van der Waals surface area (Å²) in [6, 6.07) is 4.67. The van der Waals surface area contributed by atoms with Gasteiger partial charge in [0.2, 0.25) is 0 Å². The average molecular weight is 376 g/mol. The fraction of sp³-hybridized carbons (Fsp3) is 0.739. The Hall–Kier alpha value is -1.10. The first-order chi connectivity index (χ1) is 12.6. The zero-order valence-corrected chi connectivity index (χ0v) is 17.7. The topological polar surface area (TPSA) is 52.9 Å². The lowest BCUT2D eigenvalue weighted by Crippen LogP contribution is -2.62. The average Bonchev–Trinajstić information content (AvgIpc) is 2.59.